The van der Waals surface area contributed by atoms with E-state index in [2.05, 4.69) is 4.90 Å². The number of carbonyl (C=O) groups is 1. The molecule has 0 aromatic rings. The average molecular weight is 245 g/mol. The number of carboxylic acid groups (broad SMARTS) is 1. The van der Waals surface area contributed by atoms with E-state index < -0.39 is 5.97 Å². The summed E-state index contributed by atoms with van der Waals surface area (Å²) in [6.45, 7) is 2.22. The first-order valence-corrected chi connectivity index (χ1v) is 7.06. The molecule has 0 saturated carbocycles. The number of hydrogen-bond acceptors (Lipinski definition) is 4. The van der Waals surface area contributed by atoms with Gasteiger partial charge in [0.05, 0.1) is 19.6 Å². The number of nitrogens with zero attached hydrogens (tertiary/aromatic N) is 1. The Kier molecular flexibility index (Phi) is 4.49. The lowest BCUT2D eigenvalue weighted by molar-refractivity contribution is -0.140. The van der Waals surface area contributed by atoms with Crippen LogP contribution in [0.2, 0.25) is 0 Å². The maximum absolute atomic E-state index is 10.8. The highest BCUT2D eigenvalue weighted by molar-refractivity contribution is 7.99. The molecule has 1 N–H and O–H groups in total. The predicted molar refractivity (Wildman–Crippen MR) is 63.9 cm³/mol. The van der Waals surface area contributed by atoms with E-state index in [-0.39, 0.29) is 12.5 Å². The van der Waals surface area contributed by atoms with Crippen LogP contribution in [0, 0.1) is 0 Å². The fraction of sp³-hybridized carbons (Fsp3) is 0.909. The normalized spacial score (nSPS) is 32.5. The molecule has 4 nitrogen and oxygen atoms in total. The maximum Gasteiger partial charge on any atom is 0.305 e. The molecule has 2 rings (SSSR count). The minimum absolute atomic E-state index is 0.0787. The molecule has 92 valence electrons. The molecular weight excluding hydrogens is 226 g/mol. The van der Waals surface area contributed by atoms with Gasteiger partial charge in [-0.2, -0.15) is 11.8 Å². The first kappa shape index (κ1) is 12.2. The van der Waals surface area contributed by atoms with Crippen molar-refractivity contribution in [1.29, 1.82) is 0 Å². The quantitative estimate of drug-likeness (QED) is 0.805. The molecule has 2 atom stereocenters. The second-order valence-electron chi connectivity index (χ2n) is 4.44. The molecule has 0 spiro atoms. The molecule has 2 saturated heterocycles. The summed E-state index contributed by atoms with van der Waals surface area (Å²) in [6, 6.07) is 0.641. The summed E-state index contributed by atoms with van der Waals surface area (Å²) in [7, 11) is 0. The Labute approximate surface area is 100 Å². The molecule has 0 amide bonds. The SMILES string of the molecule is O=C(O)CC1COCCN1C1CCCSC1. The third kappa shape index (κ3) is 3.12. The van der Waals surface area contributed by atoms with E-state index in [9.17, 15) is 4.79 Å². The molecule has 0 radical (unpaired) electrons. The summed E-state index contributed by atoms with van der Waals surface area (Å²) in [5, 5.41) is 8.89. The zero-order chi connectivity index (χ0) is 11.4. The molecule has 2 unspecified atom stereocenters. The van der Waals surface area contributed by atoms with Gasteiger partial charge in [-0.15, -0.1) is 0 Å². The number of aliphatic carboxylic acids is 1. The van der Waals surface area contributed by atoms with E-state index >= 15 is 0 Å². The molecule has 2 heterocycles. The molecule has 0 aromatic heterocycles. The van der Waals surface area contributed by atoms with Gasteiger partial charge in [0.1, 0.15) is 0 Å². The van der Waals surface area contributed by atoms with Gasteiger partial charge in [0.2, 0.25) is 0 Å². The molecule has 0 bridgehead atoms. The molecule has 5 heteroatoms. The summed E-state index contributed by atoms with van der Waals surface area (Å²) >= 11 is 1.99. The van der Waals surface area contributed by atoms with Gasteiger partial charge in [-0.25, -0.2) is 0 Å². The maximum atomic E-state index is 10.8. The molecule has 2 fully saturated rings. The molecule has 16 heavy (non-hydrogen) atoms. The molecular formula is C11H19NO3S. The van der Waals surface area contributed by atoms with Crippen molar-refractivity contribution in [2.24, 2.45) is 0 Å². The average Bonchev–Trinajstić information content (AvgIpc) is 2.30. The van der Waals surface area contributed by atoms with Crippen LogP contribution in [-0.2, 0) is 9.53 Å². The Bertz CT molecular complexity index is 243. The summed E-state index contributed by atoms with van der Waals surface area (Å²) in [4.78, 5) is 13.2. The van der Waals surface area contributed by atoms with Crippen LogP contribution in [0.5, 0.6) is 0 Å². The summed E-state index contributed by atoms with van der Waals surface area (Å²) in [5.41, 5.74) is 0. The van der Waals surface area contributed by atoms with Crippen LogP contribution in [0.25, 0.3) is 0 Å². The van der Waals surface area contributed by atoms with Crippen LogP contribution >= 0.6 is 11.8 Å². The highest BCUT2D eigenvalue weighted by Gasteiger charge is 2.31. The van der Waals surface area contributed by atoms with Crippen molar-refractivity contribution < 1.29 is 14.6 Å². The minimum atomic E-state index is -0.719. The van der Waals surface area contributed by atoms with E-state index in [1.165, 1.54) is 18.6 Å². The van der Waals surface area contributed by atoms with Gasteiger partial charge in [0, 0.05) is 24.4 Å². The van der Waals surface area contributed by atoms with Gasteiger partial charge in [-0.05, 0) is 18.6 Å². The van der Waals surface area contributed by atoms with Crippen molar-refractivity contribution in [2.75, 3.05) is 31.3 Å². The number of carboxylic acids is 1. The summed E-state index contributed by atoms with van der Waals surface area (Å²) < 4.78 is 5.39. The first-order valence-electron chi connectivity index (χ1n) is 5.90. The number of ether oxygens (including phenoxy) is 1. The lowest BCUT2D eigenvalue weighted by atomic mass is 10.1. The zero-order valence-electron chi connectivity index (χ0n) is 9.43. The Morgan fingerprint density at radius 2 is 2.44 bits per heavy atom. The van der Waals surface area contributed by atoms with Crippen molar-refractivity contribution >= 4 is 17.7 Å². The summed E-state index contributed by atoms with van der Waals surface area (Å²) in [5.74, 6) is 1.68. The van der Waals surface area contributed by atoms with Crippen molar-refractivity contribution in [3.63, 3.8) is 0 Å². The lowest BCUT2D eigenvalue weighted by Crippen LogP contribution is -2.53. The Balaban J connectivity index is 1.94. The highest BCUT2D eigenvalue weighted by Crippen LogP contribution is 2.25. The number of morpholine rings is 1. The third-order valence-electron chi connectivity index (χ3n) is 3.29. The van der Waals surface area contributed by atoms with Gasteiger partial charge in [-0.1, -0.05) is 0 Å². The van der Waals surface area contributed by atoms with Gasteiger partial charge in [-0.3, -0.25) is 9.69 Å². The smallest absolute Gasteiger partial charge is 0.305 e. The van der Waals surface area contributed by atoms with Gasteiger partial charge in [0.15, 0.2) is 0 Å². The minimum Gasteiger partial charge on any atom is -0.481 e. The van der Waals surface area contributed by atoms with E-state index in [4.69, 9.17) is 9.84 Å². The third-order valence-corrected chi connectivity index (χ3v) is 4.49. The van der Waals surface area contributed by atoms with Crippen molar-refractivity contribution in [2.45, 2.75) is 31.3 Å². The second kappa shape index (κ2) is 5.89. The van der Waals surface area contributed by atoms with Gasteiger partial charge in [0.25, 0.3) is 0 Å². The predicted octanol–water partition coefficient (Wildman–Crippen LogP) is 1.06. The Morgan fingerprint density at radius 3 is 3.12 bits per heavy atom. The zero-order valence-corrected chi connectivity index (χ0v) is 10.2. The highest BCUT2D eigenvalue weighted by atomic mass is 32.2. The fourth-order valence-corrected chi connectivity index (χ4v) is 3.68. The van der Waals surface area contributed by atoms with E-state index in [0.29, 0.717) is 12.6 Å². The molecule has 0 aliphatic carbocycles. The van der Waals surface area contributed by atoms with Crippen molar-refractivity contribution in [3.05, 3.63) is 0 Å². The number of rotatable bonds is 3. The van der Waals surface area contributed by atoms with Gasteiger partial charge < -0.3 is 9.84 Å². The Hall–Kier alpha value is -0.260. The first-order chi connectivity index (χ1) is 7.77. The standard InChI is InChI=1S/C11H19NO3S/c13-11(14)6-10-7-15-4-3-12(10)9-2-1-5-16-8-9/h9-10H,1-8H2,(H,13,14). The summed E-state index contributed by atoms with van der Waals surface area (Å²) in [6.07, 6.45) is 2.68. The number of hydrogen-bond donors (Lipinski definition) is 1. The van der Waals surface area contributed by atoms with Crippen LogP contribution in [-0.4, -0.2) is 59.3 Å². The largest absolute Gasteiger partial charge is 0.481 e. The van der Waals surface area contributed by atoms with E-state index in [0.717, 1.165) is 18.9 Å². The molecule has 2 aliphatic heterocycles. The fourth-order valence-electron chi connectivity index (χ4n) is 2.51. The van der Waals surface area contributed by atoms with E-state index in [1.807, 2.05) is 11.8 Å². The van der Waals surface area contributed by atoms with Crippen molar-refractivity contribution in [1.82, 2.24) is 4.90 Å². The molecule has 2 aliphatic rings. The van der Waals surface area contributed by atoms with E-state index in [1.54, 1.807) is 0 Å². The van der Waals surface area contributed by atoms with Crippen LogP contribution in [0.4, 0.5) is 0 Å². The monoisotopic (exact) mass is 245 g/mol. The number of thioether (sulfide) groups is 1. The second-order valence-corrected chi connectivity index (χ2v) is 5.59. The van der Waals surface area contributed by atoms with Crippen molar-refractivity contribution in [3.8, 4) is 0 Å². The van der Waals surface area contributed by atoms with Crippen LogP contribution in [0.1, 0.15) is 19.3 Å². The molecule has 0 aromatic carbocycles. The van der Waals surface area contributed by atoms with Gasteiger partial charge >= 0.3 is 5.97 Å². The van der Waals surface area contributed by atoms with Crippen LogP contribution < -0.4 is 0 Å². The van der Waals surface area contributed by atoms with Crippen LogP contribution in [0.3, 0.4) is 0 Å². The van der Waals surface area contributed by atoms with Crippen LogP contribution in [0.15, 0.2) is 0 Å². The Morgan fingerprint density at radius 1 is 1.56 bits per heavy atom. The lowest BCUT2D eigenvalue weighted by Gasteiger charge is -2.41. The topological polar surface area (TPSA) is 49.8 Å².